The molecule has 0 spiro atoms. The maximum Gasteiger partial charge on any atom is 0.321 e. The normalized spacial score (nSPS) is 21.4. The van der Waals surface area contributed by atoms with E-state index in [1.165, 1.54) is 25.7 Å². The number of ether oxygens (including phenoxy) is 1. The van der Waals surface area contributed by atoms with Crippen molar-refractivity contribution in [2.24, 2.45) is 0 Å². The van der Waals surface area contributed by atoms with Gasteiger partial charge < -0.3 is 20.3 Å². The van der Waals surface area contributed by atoms with Gasteiger partial charge in [-0.15, -0.1) is 0 Å². The molecule has 0 unspecified atom stereocenters. The van der Waals surface area contributed by atoms with E-state index in [2.05, 4.69) is 15.5 Å². The summed E-state index contributed by atoms with van der Waals surface area (Å²) < 4.78 is 5.39. The summed E-state index contributed by atoms with van der Waals surface area (Å²) >= 11 is 0. The lowest BCUT2D eigenvalue weighted by molar-refractivity contribution is -0.118. The van der Waals surface area contributed by atoms with Crippen molar-refractivity contribution in [3.05, 3.63) is 18.2 Å². The number of carbonyl (C=O) groups excluding carboxylic acids is 2. The van der Waals surface area contributed by atoms with E-state index in [0.29, 0.717) is 17.1 Å². The van der Waals surface area contributed by atoms with Crippen LogP contribution in [0.3, 0.4) is 0 Å². The number of amides is 3. The first-order chi connectivity index (χ1) is 12.2. The molecule has 1 aliphatic carbocycles. The number of anilines is 2. The molecule has 2 aliphatic heterocycles. The molecule has 3 amide bonds. The molecule has 25 heavy (non-hydrogen) atoms. The molecular formula is C18H24N4O3. The summed E-state index contributed by atoms with van der Waals surface area (Å²) in [5, 5.41) is 5.68. The summed E-state index contributed by atoms with van der Waals surface area (Å²) in [4.78, 5) is 28.2. The van der Waals surface area contributed by atoms with Crippen LogP contribution in [0.2, 0.25) is 0 Å². The third-order valence-corrected chi connectivity index (χ3v) is 5.31. The molecule has 4 rings (SSSR count). The summed E-state index contributed by atoms with van der Waals surface area (Å²) in [6.07, 6.45) is 5.29. The van der Waals surface area contributed by atoms with Crippen molar-refractivity contribution in [3.63, 3.8) is 0 Å². The average molecular weight is 344 g/mol. The van der Waals surface area contributed by atoms with Crippen LogP contribution < -0.4 is 15.4 Å². The molecule has 0 radical (unpaired) electrons. The zero-order valence-corrected chi connectivity index (χ0v) is 14.3. The Morgan fingerprint density at radius 1 is 1.16 bits per heavy atom. The van der Waals surface area contributed by atoms with Crippen LogP contribution in [-0.2, 0) is 4.79 Å². The predicted molar refractivity (Wildman–Crippen MR) is 95.0 cm³/mol. The molecule has 1 saturated carbocycles. The van der Waals surface area contributed by atoms with Gasteiger partial charge in [0.1, 0.15) is 5.75 Å². The van der Waals surface area contributed by atoms with Crippen LogP contribution >= 0.6 is 0 Å². The fourth-order valence-electron chi connectivity index (χ4n) is 3.91. The first kappa shape index (κ1) is 16.2. The van der Waals surface area contributed by atoms with Gasteiger partial charge in [0.15, 0.2) is 6.61 Å². The van der Waals surface area contributed by atoms with Crippen molar-refractivity contribution in [1.29, 1.82) is 0 Å². The number of carbonyl (C=O) groups is 2. The molecule has 2 fully saturated rings. The van der Waals surface area contributed by atoms with E-state index in [-0.39, 0.29) is 18.5 Å². The molecule has 2 heterocycles. The van der Waals surface area contributed by atoms with E-state index in [1.807, 2.05) is 4.90 Å². The second kappa shape index (κ2) is 6.92. The Kier molecular flexibility index (Phi) is 4.48. The minimum absolute atomic E-state index is 0.00747. The van der Waals surface area contributed by atoms with Gasteiger partial charge >= 0.3 is 6.03 Å². The summed E-state index contributed by atoms with van der Waals surface area (Å²) in [5.74, 6) is 0.424. The molecular weight excluding hydrogens is 320 g/mol. The molecule has 0 atom stereocenters. The highest BCUT2D eigenvalue weighted by Gasteiger charge is 2.28. The zero-order valence-electron chi connectivity index (χ0n) is 14.3. The summed E-state index contributed by atoms with van der Waals surface area (Å²) in [6, 6.07) is 5.92. The highest BCUT2D eigenvalue weighted by molar-refractivity contribution is 5.96. The average Bonchev–Trinajstić information content (AvgIpc) is 3.17. The van der Waals surface area contributed by atoms with E-state index in [9.17, 15) is 9.59 Å². The van der Waals surface area contributed by atoms with Crippen LogP contribution in [0.15, 0.2) is 18.2 Å². The number of benzene rings is 1. The minimum atomic E-state index is -0.163. The lowest BCUT2D eigenvalue weighted by atomic mass is 10.2. The Bertz CT molecular complexity index is 664. The van der Waals surface area contributed by atoms with Crippen LogP contribution in [0, 0.1) is 0 Å². The van der Waals surface area contributed by atoms with E-state index < -0.39 is 0 Å². The van der Waals surface area contributed by atoms with Gasteiger partial charge in [-0.1, -0.05) is 12.8 Å². The van der Waals surface area contributed by atoms with Crippen molar-refractivity contribution >= 4 is 23.3 Å². The van der Waals surface area contributed by atoms with E-state index in [1.54, 1.807) is 18.2 Å². The second-order valence-corrected chi connectivity index (χ2v) is 6.94. The Morgan fingerprint density at radius 2 is 1.92 bits per heavy atom. The van der Waals surface area contributed by atoms with Crippen molar-refractivity contribution < 1.29 is 14.3 Å². The summed E-state index contributed by atoms with van der Waals surface area (Å²) in [6.45, 7) is 3.45. The van der Waals surface area contributed by atoms with Crippen molar-refractivity contribution in [2.45, 2.75) is 31.7 Å². The lowest BCUT2D eigenvalue weighted by Gasteiger charge is -2.38. The van der Waals surface area contributed by atoms with Gasteiger partial charge in [-0.3, -0.25) is 9.69 Å². The Hall–Kier alpha value is -2.28. The number of piperazine rings is 1. The number of nitrogens with zero attached hydrogens (tertiary/aromatic N) is 2. The quantitative estimate of drug-likeness (QED) is 0.862. The smallest absolute Gasteiger partial charge is 0.321 e. The van der Waals surface area contributed by atoms with Gasteiger partial charge in [-0.25, -0.2) is 4.79 Å². The minimum Gasteiger partial charge on any atom is -0.482 e. The standard InChI is InChI=1S/C18H24N4O3/c23-17-12-25-16-11-13(5-6-15(16)20-17)19-18(24)22-9-7-21(8-10-22)14-3-1-2-4-14/h5-6,11,14H,1-4,7-10,12H2,(H,19,24)(H,20,23). The van der Waals surface area contributed by atoms with Gasteiger partial charge in [-0.05, 0) is 25.0 Å². The van der Waals surface area contributed by atoms with Crippen molar-refractivity contribution in [1.82, 2.24) is 9.80 Å². The Labute approximate surface area is 147 Å². The molecule has 1 aromatic carbocycles. The molecule has 0 aromatic heterocycles. The van der Waals surface area contributed by atoms with E-state index in [0.717, 1.165) is 32.2 Å². The number of fused-ring (bicyclic) bond motifs is 1. The summed E-state index contributed by atoms with van der Waals surface area (Å²) in [7, 11) is 0. The van der Waals surface area contributed by atoms with Gasteiger partial charge in [0.05, 0.1) is 5.69 Å². The van der Waals surface area contributed by atoms with Gasteiger partial charge in [0.2, 0.25) is 0 Å². The molecule has 3 aliphatic rings. The monoisotopic (exact) mass is 344 g/mol. The second-order valence-electron chi connectivity index (χ2n) is 6.94. The van der Waals surface area contributed by atoms with Gasteiger partial charge in [0.25, 0.3) is 5.91 Å². The van der Waals surface area contributed by atoms with Gasteiger partial charge in [-0.2, -0.15) is 0 Å². The third kappa shape index (κ3) is 3.56. The van der Waals surface area contributed by atoms with Crippen LogP contribution in [0.4, 0.5) is 16.2 Å². The molecule has 7 heteroatoms. The zero-order chi connectivity index (χ0) is 17.2. The van der Waals surface area contributed by atoms with Crippen molar-refractivity contribution in [2.75, 3.05) is 43.4 Å². The molecule has 0 bridgehead atoms. The van der Waals surface area contributed by atoms with Crippen molar-refractivity contribution in [3.8, 4) is 5.75 Å². The van der Waals surface area contributed by atoms with Crippen LogP contribution in [0.25, 0.3) is 0 Å². The van der Waals surface area contributed by atoms with Crippen LogP contribution in [-0.4, -0.2) is 60.6 Å². The maximum atomic E-state index is 12.5. The number of urea groups is 1. The SMILES string of the molecule is O=C1COc2cc(NC(=O)N3CCN(C4CCCC4)CC3)ccc2N1. The molecule has 1 saturated heterocycles. The lowest BCUT2D eigenvalue weighted by Crippen LogP contribution is -2.52. The number of hydrogen-bond acceptors (Lipinski definition) is 4. The summed E-state index contributed by atoms with van der Waals surface area (Å²) in [5.41, 5.74) is 1.32. The fourth-order valence-corrected chi connectivity index (χ4v) is 3.91. The van der Waals surface area contributed by atoms with Gasteiger partial charge in [0, 0.05) is 44.0 Å². The predicted octanol–water partition coefficient (Wildman–Crippen LogP) is 2.11. The van der Waals surface area contributed by atoms with Crippen LogP contribution in [0.5, 0.6) is 5.75 Å². The highest BCUT2D eigenvalue weighted by atomic mass is 16.5. The number of rotatable bonds is 2. The topological polar surface area (TPSA) is 73.9 Å². The first-order valence-corrected chi connectivity index (χ1v) is 9.06. The Morgan fingerprint density at radius 3 is 2.68 bits per heavy atom. The molecule has 7 nitrogen and oxygen atoms in total. The largest absolute Gasteiger partial charge is 0.482 e. The fraction of sp³-hybridized carbons (Fsp3) is 0.556. The van der Waals surface area contributed by atoms with E-state index in [4.69, 9.17) is 4.74 Å². The third-order valence-electron chi connectivity index (χ3n) is 5.31. The number of nitrogens with one attached hydrogen (secondary N) is 2. The molecule has 1 aromatic rings. The van der Waals surface area contributed by atoms with E-state index >= 15 is 0 Å². The van der Waals surface area contributed by atoms with Crippen LogP contribution in [0.1, 0.15) is 25.7 Å². The molecule has 134 valence electrons. The molecule has 2 N–H and O–H groups in total. The maximum absolute atomic E-state index is 12.5. The first-order valence-electron chi connectivity index (χ1n) is 9.06. The highest BCUT2D eigenvalue weighted by Crippen LogP contribution is 2.30. The Balaban J connectivity index is 1.32. The number of hydrogen-bond donors (Lipinski definition) is 2.